The Balaban J connectivity index is 1.34. The van der Waals surface area contributed by atoms with Crippen LogP contribution in [0.25, 0.3) is 0 Å². The molecule has 0 radical (unpaired) electrons. The largest absolute Gasteiger partial charge is 0.467 e. The van der Waals surface area contributed by atoms with Crippen LogP contribution < -0.4 is 5.32 Å². The molecule has 1 saturated carbocycles. The maximum absolute atomic E-state index is 13.3. The van der Waals surface area contributed by atoms with Gasteiger partial charge in [-0.25, -0.2) is 0 Å². The number of piperidine rings is 1. The molecule has 0 bridgehead atoms. The fraction of sp³-hybridized carbons (Fsp3) is 0.500. The van der Waals surface area contributed by atoms with Crippen LogP contribution in [0.5, 0.6) is 0 Å². The molecule has 164 valence electrons. The van der Waals surface area contributed by atoms with Crippen molar-refractivity contribution >= 4 is 17.7 Å². The minimum atomic E-state index is -0.934. The molecular formula is C22H25N3O6. The van der Waals surface area contributed by atoms with Gasteiger partial charge in [0.25, 0.3) is 5.91 Å². The number of furan rings is 2. The molecule has 1 atom stereocenters. The molecule has 2 aromatic rings. The van der Waals surface area contributed by atoms with E-state index in [4.69, 9.17) is 13.6 Å². The third-order valence-electron chi connectivity index (χ3n) is 6.31. The standard InChI is InChI=1S/C22H25N3O6/c26-19(23-13-16-3-1-11-29-16)17-14-31-22(25(17)21(28)18-4-2-12-30-18)7-9-24(10-8-22)20(27)15-5-6-15/h1-4,11-12,15,17H,5-10,13-14H2,(H,23,26). The van der Waals surface area contributed by atoms with Gasteiger partial charge in [0.1, 0.15) is 17.5 Å². The second-order valence-electron chi connectivity index (χ2n) is 8.32. The summed E-state index contributed by atoms with van der Waals surface area (Å²) >= 11 is 0. The van der Waals surface area contributed by atoms with Crippen LogP contribution in [0, 0.1) is 5.92 Å². The maximum Gasteiger partial charge on any atom is 0.292 e. The smallest absolute Gasteiger partial charge is 0.292 e. The average molecular weight is 427 g/mol. The van der Waals surface area contributed by atoms with Crippen LogP contribution in [0.4, 0.5) is 0 Å². The highest BCUT2D eigenvalue weighted by atomic mass is 16.5. The van der Waals surface area contributed by atoms with Crippen LogP contribution in [0.2, 0.25) is 0 Å². The average Bonchev–Trinajstić information content (AvgIpc) is 3.18. The summed E-state index contributed by atoms with van der Waals surface area (Å²) in [6.07, 6.45) is 5.80. The van der Waals surface area contributed by atoms with Gasteiger partial charge in [-0.05, 0) is 37.1 Å². The molecular weight excluding hydrogens is 402 g/mol. The maximum atomic E-state index is 13.3. The van der Waals surface area contributed by atoms with Gasteiger partial charge in [0.15, 0.2) is 5.76 Å². The fourth-order valence-corrected chi connectivity index (χ4v) is 4.46. The molecule has 9 nitrogen and oxygen atoms in total. The van der Waals surface area contributed by atoms with E-state index in [1.165, 1.54) is 11.2 Å². The number of ether oxygens (including phenoxy) is 1. The van der Waals surface area contributed by atoms with Gasteiger partial charge in [-0.1, -0.05) is 0 Å². The highest BCUT2D eigenvalue weighted by Gasteiger charge is 2.55. The molecule has 2 saturated heterocycles. The van der Waals surface area contributed by atoms with Crippen LogP contribution in [0.1, 0.15) is 42.0 Å². The van der Waals surface area contributed by atoms with Crippen molar-refractivity contribution in [1.29, 1.82) is 0 Å². The second kappa shape index (κ2) is 7.88. The van der Waals surface area contributed by atoms with Gasteiger partial charge in [-0.2, -0.15) is 0 Å². The molecule has 1 spiro atoms. The summed E-state index contributed by atoms with van der Waals surface area (Å²) in [5, 5.41) is 2.83. The van der Waals surface area contributed by atoms with Crippen molar-refractivity contribution in [2.45, 2.75) is 44.0 Å². The van der Waals surface area contributed by atoms with Gasteiger partial charge in [-0.15, -0.1) is 0 Å². The molecule has 5 rings (SSSR count). The molecule has 31 heavy (non-hydrogen) atoms. The summed E-state index contributed by atoms with van der Waals surface area (Å²) in [6, 6.07) is 5.94. The molecule has 1 N–H and O–H groups in total. The minimum Gasteiger partial charge on any atom is -0.467 e. The number of likely N-dealkylation sites (tertiary alicyclic amines) is 1. The van der Waals surface area contributed by atoms with Crippen LogP contribution in [-0.4, -0.2) is 59.0 Å². The van der Waals surface area contributed by atoms with Gasteiger partial charge >= 0.3 is 0 Å². The zero-order valence-electron chi connectivity index (χ0n) is 17.1. The first-order chi connectivity index (χ1) is 15.1. The number of hydrogen-bond acceptors (Lipinski definition) is 6. The second-order valence-corrected chi connectivity index (χ2v) is 8.32. The third-order valence-corrected chi connectivity index (χ3v) is 6.31. The Morgan fingerprint density at radius 1 is 1.06 bits per heavy atom. The Kier molecular flexibility index (Phi) is 5.05. The van der Waals surface area contributed by atoms with E-state index in [-0.39, 0.29) is 42.6 Å². The van der Waals surface area contributed by atoms with Crippen molar-refractivity contribution in [2.75, 3.05) is 19.7 Å². The van der Waals surface area contributed by atoms with Crippen molar-refractivity contribution in [1.82, 2.24) is 15.1 Å². The Morgan fingerprint density at radius 3 is 2.45 bits per heavy atom. The Hall–Kier alpha value is -3.07. The SMILES string of the molecule is O=C(NCc1ccco1)C1COC2(CCN(C(=O)C3CC3)CC2)N1C(=O)c1ccco1. The molecule has 4 heterocycles. The van der Waals surface area contributed by atoms with E-state index in [0.29, 0.717) is 31.7 Å². The predicted molar refractivity (Wildman–Crippen MR) is 106 cm³/mol. The highest BCUT2D eigenvalue weighted by molar-refractivity contribution is 5.96. The van der Waals surface area contributed by atoms with Gasteiger partial charge in [0.2, 0.25) is 11.8 Å². The first-order valence-electron chi connectivity index (χ1n) is 10.7. The lowest BCUT2D eigenvalue weighted by molar-refractivity contribution is -0.144. The number of nitrogens with one attached hydrogen (secondary N) is 1. The predicted octanol–water partition coefficient (Wildman–Crippen LogP) is 1.76. The normalized spacial score (nSPS) is 22.6. The lowest BCUT2D eigenvalue weighted by Crippen LogP contribution is -2.59. The number of rotatable bonds is 5. The summed E-state index contributed by atoms with van der Waals surface area (Å²) in [5.74, 6) is 0.416. The highest BCUT2D eigenvalue weighted by Crippen LogP contribution is 2.40. The topological polar surface area (TPSA) is 105 Å². The Bertz CT molecular complexity index is 942. The molecule has 3 fully saturated rings. The van der Waals surface area contributed by atoms with E-state index < -0.39 is 11.8 Å². The van der Waals surface area contributed by atoms with Crippen molar-refractivity contribution in [3.05, 3.63) is 48.3 Å². The first-order valence-corrected chi connectivity index (χ1v) is 10.7. The Morgan fingerprint density at radius 2 is 1.81 bits per heavy atom. The van der Waals surface area contributed by atoms with Gasteiger partial charge in [0, 0.05) is 31.8 Å². The third kappa shape index (κ3) is 3.74. The number of amides is 3. The zero-order chi connectivity index (χ0) is 21.4. The minimum absolute atomic E-state index is 0.0903. The van der Waals surface area contributed by atoms with E-state index >= 15 is 0 Å². The number of nitrogens with zero attached hydrogens (tertiary/aromatic N) is 2. The molecule has 9 heteroatoms. The van der Waals surface area contributed by atoms with E-state index in [9.17, 15) is 14.4 Å². The van der Waals surface area contributed by atoms with Crippen LogP contribution in [-0.2, 0) is 20.9 Å². The van der Waals surface area contributed by atoms with Gasteiger partial charge in [-0.3, -0.25) is 19.3 Å². The van der Waals surface area contributed by atoms with Crippen LogP contribution in [0.15, 0.2) is 45.6 Å². The van der Waals surface area contributed by atoms with Crippen molar-refractivity contribution < 1.29 is 28.0 Å². The fourth-order valence-electron chi connectivity index (χ4n) is 4.46. The number of carbonyl (C=O) groups excluding carboxylic acids is 3. The molecule has 3 amide bonds. The zero-order valence-corrected chi connectivity index (χ0v) is 17.1. The van der Waals surface area contributed by atoms with Gasteiger partial charge in [0.05, 0.1) is 25.7 Å². The summed E-state index contributed by atoms with van der Waals surface area (Å²) in [5.41, 5.74) is -0.934. The van der Waals surface area contributed by atoms with Crippen LogP contribution in [0.3, 0.4) is 0 Å². The molecule has 1 unspecified atom stereocenters. The monoisotopic (exact) mass is 427 g/mol. The van der Waals surface area contributed by atoms with E-state index in [0.717, 1.165) is 12.8 Å². The molecule has 2 aliphatic heterocycles. The van der Waals surface area contributed by atoms with Crippen molar-refractivity contribution in [3.63, 3.8) is 0 Å². The molecule has 0 aromatic carbocycles. The van der Waals surface area contributed by atoms with E-state index in [1.54, 1.807) is 30.5 Å². The molecule has 2 aromatic heterocycles. The molecule has 3 aliphatic rings. The summed E-state index contributed by atoms with van der Waals surface area (Å²) in [6.45, 7) is 1.31. The quantitative estimate of drug-likeness (QED) is 0.780. The summed E-state index contributed by atoms with van der Waals surface area (Å²) < 4.78 is 16.7. The van der Waals surface area contributed by atoms with E-state index in [2.05, 4.69) is 5.32 Å². The lowest BCUT2D eigenvalue weighted by Gasteiger charge is -2.44. The molecule has 1 aliphatic carbocycles. The first kappa shape index (κ1) is 19.9. The lowest BCUT2D eigenvalue weighted by atomic mass is 9.97. The Labute approximate surface area is 179 Å². The van der Waals surface area contributed by atoms with Crippen molar-refractivity contribution in [3.8, 4) is 0 Å². The number of hydrogen-bond donors (Lipinski definition) is 1. The number of carbonyl (C=O) groups is 3. The van der Waals surface area contributed by atoms with Crippen molar-refractivity contribution in [2.24, 2.45) is 5.92 Å². The van der Waals surface area contributed by atoms with E-state index in [1.807, 2.05) is 4.90 Å². The van der Waals surface area contributed by atoms with Crippen LogP contribution >= 0.6 is 0 Å². The summed E-state index contributed by atoms with van der Waals surface area (Å²) in [7, 11) is 0. The van der Waals surface area contributed by atoms with Gasteiger partial charge < -0.3 is 23.8 Å². The summed E-state index contributed by atoms with van der Waals surface area (Å²) in [4.78, 5) is 42.2.